The molecule has 8 heteroatoms. The predicted molar refractivity (Wildman–Crippen MR) is 58.3 cm³/mol. The van der Waals surface area contributed by atoms with Crippen LogP contribution < -0.4 is 10.6 Å². The third-order valence-corrected chi connectivity index (χ3v) is 1.92. The summed E-state index contributed by atoms with van der Waals surface area (Å²) in [5.74, 6) is 0.103. The minimum Gasteiger partial charge on any atom is -0.308 e. The van der Waals surface area contributed by atoms with Crippen LogP contribution in [-0.4, -0.2) is 26.7 Å². The normalized spacial score (nSPS) is 9.81. The quantitative estimate of drug-likeness (QED) is 0.739. The maximum Gasteiger partial charge on any atom is 0.326 e. The smallest absolute Gasteiger partial charge is 0.308 e. The van der Waals surface area contributed by atoms with Gasteiger partial charge in [0.15, 0.2) is 0 Å². The molecule has 0 saturated heterocycles. The van der Waals surface area contributed by atoms with Crippen LogP contribution in [0.15, 0.2) is 24.3 Å². The summed E-state index contributed by atoms with van der Waals surface area (Å²) >= 11 is 5.70. The van der Waals surface area contributed by atoms with E-state index in [1.165, 1.54) is 0 Å². The van der Waals surface area contributed by atoms with Gasteiger partial charge in [-0.2, -0.15) is 5.21 Å². The van der Waals surface area contributed by atoms with Crippen LogP contribution in [0.3, 0.4) is 0 Å². The lowest BCUT2D eigenvalue weighted by molar-refractivity contribution is 0.262. The molecule has 1 heterocycles. The zero-order chi connectivity index (χ0) is 11.4. The summed E-state index contributed by atoms with van der Waals surface area (Å²) in [5.41, 5.74) is 0.616. The number of carbonyl (C=O) groups excluding carboxylic acids is 1. The number of carbonyl (C=O) groups is 1. The van der Waals surface area contributed by atoms with Gasteiger partial charge in [-0.15, -0.1) is 5.10 Å². The van der Waals surface area contributed by atoms with Gasteiger partial charge in [0.05, 0.1) is 0 Å². The van der Waals surface area contributed by atoms with E-state index < -0.39 is 6.03 Å². The first-order valence-corrected chi connectivity index (χ1v) is 4.69. The minimum absolute atomic E-state index is 0.103. The molecule has 0 bridgehead atoms. The van der Waals surface area contributed by atoms with E-state index in [9.17, 15) is 4.79 Å². The Morgan fingerprint density at radius 2 is 2.00 bits per heavy atom. The van der Waals surface area contributed by atoms with E-state index in [1.54, 1.807) is 24.3 Å². The number of H-pyrrole nitrogens is 1. The van der Waals surface area contributed by atoms with Crippen LogP contribution in [0, 0.1) is 0 Å². The number of hydrogen-bond donors (Lipinski definition) is 3. The molecule has 7 nitrogen and oxygen atoms in total. The first-order chi connectivity index (χ1) is 7.74. The molecule has 1 aromatic carbocycles. The van der Waals surface area contributed by atoms with Gasteiger partial charge < -0.3 is 5.32 Å². The molecule has 2 aromatic rings. The number of halogens is 1. The third kappa shape index (κ3) is 2.67. The van der Waals surface area contributed by atoms with Gasteiger partial charge in [0.1, 0.15) is 0 Å². The maximum absolute atomic E-state index is 11.4. The molecule has 3 N–H and O–H groups in total. The molecule has 0 unspecified atom stereocenters. The highest BCUT2D eigenvalue weighted by Gasteiger charge is 2.04. The van der Waals surface area contributed by atoms with Gasteiger partial charge in [-0.05, 0) is 29.5 Å². The van der Waals surface area contributed by atoms with Crippen molar-refractivity contribution < 1.29 is 4.79 Å². The highest BCUT2D eigenvalue weighted by Crippen LogP contribution is 2.13. The zero-order valence-corrected chi connectivity index (χ0v) is 8.69. The summed E-state index contributed by atoms with van der Waals surface area (Å²) in [7, 11) is 0. The lowest BCUT2D eigenvalue weighted by Gasteiger charge is -2.04. The summed E-state index contributed by atoms with van der Waals surface area (Å²) in [6.45, 7) is 0. The van der Waals surface area contributed by atoms with E-state index in [-0.39, 0.29) is 5.95 Å². The number of anilines is 2. The van der Waals surface area contributed by atoms with Crippen LogP contribution >= 0.6 is 11.6 Å². The average Bonchev–Trinajstić information content (AvgIpc) is 2.74. The van der Waals surface area contributed by atoms with Crippen molar-refractivity contribution in [1.29, 1.82) is 0 Å². The van der Waals surface area contributed by atoms with Crippen molar-refractivity contribution >= 4 is 29.3 Å². The molecule has 0 aliphatic rings. The first kappa shape index (κ1) is 10.4. The van der Waals surface area contributed by atoms with Gasteiger partial charge in [0.2, 0.25) is 0 Å². The van der Waals surface area contributed by atoms with Gasteiger partial charge in [-0.25, -0.2) is 4.79 Å². The van der Waals surface area contributed by atoms with Gasteiger partial charge in [0.25, 0.3) is 5.95 Å². The van der Waals surface area contributed by atoms with Gasteiger partial charge >= 0.3 is 6.03 Å². The highest BCUT2D eigenvalue weighted by molar-refractivity contribution is 6.30. The van der Waals surface area contributed by atoms with Gasteiger partial charge in [0, 0.05) is 10.7 Å². The SMILES string of the molecule is O=C(Nc1ccc(Cl)cc1)Nc1nn[nH]n1. The van der Waals surface area contributed by atoms with Crippen LogP contribution in [0.1, 0.15) is 0 Å². The van der Waals surface area contributed by atoms with E-state index in [1.807, 2.05) is 0 Å². The molecule has 0 fully saturated rings. The molecule has 0 atom stereocenters. The van der Waals surface area contributed by atoms with Crippen molar-refractivity contribution in [2.75, 3.05) is 10.6 Å². The molecule has 0 aliphatic heterocycles. The number of urea groups is 1. The molecule has 16 heavy (non-hydrogen) atoms. The Kier molecular flexibility index (Phi) is 2.97. The van der Waals surface area contributed by atoms with Crippen LogP contribution in [0.5, 0.6) is 0 Å². The molecule has 0 spiro atoms. The number of tetrazole rings is 1. The molecule has 82 valence electrons. The topological polar surface area (TPSA) is 95.6 Å². The van der Waals surface area contributed by atoms with E-state index in [4.69, 9.17) is 11.6 Å². The van der Waals surface area contributed by atoms with Crippen molar-refractivity contribution in [2.45, 2.75) is 0 Å². The minimum atomic E-state index is -0.455. The Balaban J connectivity index is 1.95. The van der Waals surface area contributed by atoms with Crippen molar-refractivity contribution in [2.24, 2.45) is 0 Å². The Bertz CT molecular complexity index is 468. The van der Waals surface area contributed by atoms with E-state index in [0.29, 0.717) is 10.7 Å². The lowest BCUT2D eigenvalue weighted by Crippen LogP contribution is -2.20. The number of rotatable bonds is 2. The van der Waals surface area contributed by atoms with Crippen molar-refractivity contribution in [3.8, 4) is 0 Å². The Morgan fingerprint density at radius 3 is 2.62 bits per heavy atom. The predicted octanol–water partition coefficient (Wildman–Crippen LogP) is 1.50. The van der Waals surface area contributed by atoms with Crippen molar-refractivity contribution in [1.82, 2.24) is 20.6 Å². The largest absolute Gasteiger partial charge is 0.326 e. The van der Waals surface area contributed by atoms with Crippen molar-refractivity contribution in [3.05, 3.63) is 29.3 Å². The van der Waals surface area contributed by atoms with Crippen LogP contribution in [0.2, 0.25) is 5.02 Å². The molecular formula is C8H7ClN6O. The van der Waals surface area contributed by atoms with Crippen LogP contribution in [0.4, 0.5) is 16.4 Å². The molecule has 0 radical (unpaired) electrons. The Hall–Kier alpha value is -2.15. The number of nitrogens with one attached hydrogen (secondary N) is 3. The van der Waals surface area contributed by atoms with Crippen molar-refractivity contribution in [3.63, 3.8) is 0 Å². The standard InChI is InChI=1S/C8H7ClN6O/c9-5-1-3-6(4-2-5)10-8(16)11-7-12-14-15-13-7/h1-4H,(H3,10,11,12,13,14,15,16). The molecule has 0 saturated carbocycles. The number of aromatic amines is 1. The molecule has 0 aliphatic carbocycles. The second-order valence-electron chi connectivity index (χ2n) is 2.82. The first-order valence-electron chi connectivity index (χ1n) is 4.31. The third-order valence-electron chi connectivity index (χ3n) is 1.67. The summed E-state index contributed by atoms with van der Waals surface area (Å²) < 4.78 is 0. The monoisotopic (exact) mass is 238 g/mol. The maximum atomic E-state index is 11.4. The fourth-order valence-electron chi connectivity index (χ4n) is 1.01. The number of amides is 2. The number of nitrogens with zero attached hydrogens (tertiary/aromatic N) is 3. The lowest BCUT2D eigenvalue weighted by atomic mass is 10.3. The molecule has 2 rings (SSSR count). The van der Waals surface area contributed by atoms with E-state index in [0.717, 1.165) is 0 Å². The van der Waals surface area contributed by atoms with E-state index in [2.05, 4.69) is 31.3 Å². The highest BCUT2D eigenvalue weighted by atomic mass is 35.5. The second-order valence-corrected chi connectivity index (χ2v) is 3.26. The summed E-state index contributed by atoms with van der Waals surface area (Å²) in [6.07, 6.45) is 0. The van der Waals surface area contributed by atoms with Gasteiger partial charge in [-0.3, -0.25) is 5.32 Å². The summed E-state index contributed by atoms with van der Waals surface area (Å²) in [5, 5.41) is 18.2. The summed E-state index contributed by atoms with van der Waals surface area (Å²) in [4.78, 5) is 11.4. The molecule has 2 amide bonds. The fraction of sp³-hybridized carbons (Fsp3) is 0. The van der Waals surface area contributed by atoms with E-state index >= 15 is 0 Å². The fourth-order valence-corrected chi connectivity index (χ4v) is 1.14. The van der Waals surface area contributed by atoms with Crippen LogP contribution in [0.25, 0.3) is 0 Å². The van der Waals surface area contributed by atoms with Crippen LogP contribution in [-0.2, 0) is 0 Å². The molecular weight excluding hydrogens is 232 g/mol. The average molecular weight is 239 g/mol. The zero-order valence-electron chi connectivity index (χ0n) is 7.94. The number of aromatic nitrogens is 4. The van der Waals surface area contributed by atoms with Gasteiger partial charge in [-0.1, -0.05) is 16.7 Å². The molecule has 1 aromatic heterocycles. The number of benzene rings is 1. The second kappa shape index (κ2) is 4.58. The summed E-state index contributed by atoms with van der Waals surface area (Å²) in [6, 6.07) is 6.25. The Morgan fingerprint density at radius 1 is 1.25 bits per heavy atom. The Labute approximate surface area is 95.2 Å². The number of hydrogen-bond acceptors (Lipinski definition) is 4.